The SMILES string of the molecule is CC1(C)OB(C(=Cc2cccc(F)c2Cl)CNC(=O)OCc2ccccc2)OC1(C)C. The highest BCUT2D eigenvalue weighted by atomic mass is 35.5. The Balaban J connectivity index is 1.75. The maximum Gasteiger partial charge on any atom is 0.492 e. The molecule has 164 valence electrons. The lowest BCUT2D eigenvalue weighted by Gasteiger charge is -2.32. The molecular formula is C23H26BClFNO4. The molecule has 1 saturated heterocycles. The fraction of sp³-hybridized carbons (Fsp3) is 0.348. The molecule has 0 bridgehead atoms. The van der Waals surface area contributed by atoms with E-state index in [9.17, 15) is 9.18 Å². The fourth-order valence-corrected chi connectivity index (χ4v) is 3.16. The van der Waals surface area contributed by atoms with E-state index < -0.39 is 30.2 Å². The summed E-state index contributed by atoms with van der Waals surface area (Å²) in [5.41, 5.74) is 0.784. The molecule has 2 aromatic rings. The van der Waals surface area contributed by atoms with Crippen LogP contribution in [0.5, 0.6) is 0 Å². The van der Waals surface area contributed by atoms with Gasteiger partial charge in [0.15, 0.2) is 0 Å². The first-order valence-corrected chi connectivity index (χ1v) is 10.4. The summed E-state index contributed by atoms with van der Waals surface area (Å²) in [7, 11) is -0.737. The molecule has 0 atom stereocenters. The van der Waals surface area contributed by atoms with E-state index in [1.807, 2.05) is 58.0 Å². The van der Waals surface area contributed by atoms with Crippen molar-refractivity contribution in [2.75, 3.05) is 6.54 Å². The van der Waals surface area contributed by atoms with Crippen LogP contribution in [0.15, 0.2) is 54.0 Å². The Bertz CT molecular complexity index is 949. The molecule has 0 aromatic heterocycles. The molecule has 31 heavy (non-hydrogen) atoms. The zero-order valence-electron chi connectivity index (χ0n) is 18.1. The number of benzene rings is 2. The Hall–Kier alpha value is -2.35. The van der Waals surface area contributed by atoms with Gasteiger partial charge < -0.3 is 19.4 Å². The highest BCUT2D eigenvalue weighted by molar-refractivity contribution is 6.56. The fourth-order valence-electron chi connectivity index (χ4n) is 2.98. The molecule has 8 heteroatoms. The average molecular weight is 446 g/mol. The number of halogens is 2. The van der Waals surface area contributed by atoms with E-state index in [1.165, 1.54) is 6.07 Å². The van der Waals surface area contributed by atoms with E-state index in [2.05, 4.69) is 5.32 Å². The number of hydrogen-bond donors (Lipinski definition) is 1. The van der Waals surface area contributed by atoms with Crippen molar-refractivity contribution in [1.82, 2.24) is 5.32 Å². The Morgan fingerprint density at radius 2 is 1.74 bits per heavy atom. The minimum Gasteiger partial charge on any atom is -0.445 e. The Morgan fingerprint density at radius 1 is 1.10 bits per heavy atom. The van der Waals surface area contributed by atoms with Crippen molar-refractivity contribution in [3.8, 4) is 0 Å². The van der Waals surface area contributed by atoms with Crippen molar-refractivity contribution in [2.24, 2.45) is 0 Å². The molecule has 1 N–H and O–H groups in total. The molecule has 1 amide bonds. The molecule has 0 unspecified atom stereocenters. The molecule has 5 nitrogen and oxygen atoms in total. The van der Waals surface area contributed by atoms with Gasteiger partial charge in [-0.3, -0.25) is 0 Å². The van der Waals surface area contributed by atoms with Gasteiger partial charge >= 0.3 is 13.2 Å². The van der Waals surface area contributed by atoms with Crippen LogP contribution in [0.2, 0.25) is 5.02 Å². The number of amides is 1. The first-order valence-electron chi connectivity index (χ1n) is 10.0. The van der Waals surface area contributed by atoms with Gasteiger partial charge in [0.1, 0.15) is 12.4 Å². The summed E-state index contributed by atoms with van der Waals surface area (Å²) < 4.78 is 31.4. The lowest BCUT2D eigenvalue weighted by Crippen LogP contribution is -2.41. The maximum atomic E-state index is 13.9. The van der Waals surface area contributed by atoms with Crippen LogP contribution in [0.4, 0.5) is 9.18 Å². The molecular weight excluding hydrogens is 420 g/mol. The largest absolute Gasteiger partial charge is 0.492 e. The summed E-state index contributed by atoms with van der Waals surface area (Å²) in [5, 5.41) is 2.70. The molecule has 2 aromatic carbocycles. The summed E-state index contributed by atoms with van der Waals surface area (Å²) in [4.78, 5) is 12.2. The summed E-state index contributed by atoms with van der Waals surface area (Å²) in [5.74, 6) is -0.529. The third kappa shape index (κ3) is 5.67. The summed E-state index contributed by atoms with van der Waals surface area (Å²) in [6.07, 6.45) is 1.09. The second kappa shape index (κ2) is 9.43. The Morgan fingerprint density at radius 3 is 2.39 bits per heavy atom. The van der Waals surface area contributed by atoms with Crippen LogP contribution in [0.1, 0.15) is 38.8 Å². The van der Waals surface area contributed by atoms with E-state index in [0.29, 0.717) is 11.0 Å². The van der Waals surface area contributed by atoms with Gasteiger partial charge in [0.25, 0.3) is 0 Å². The second-order valence-electron chi connectivity index (χ2n) is 8.37. The molecule has 0 saturated carbocycles. The highest BCUT2D eigenvalue weighted by Crippen LogP contribution is 2.39. The molecule has 1 aliphatic rings. The molecule has 0 spiro atoms. The molecule has 1 heterocycles. The standard InChI is InChI=1S/C23H26BClFNO4/c1-22(2)23(3,4)31-24(30-22)18(13-17-11-8-12-19(26)20(17)25)14-27-21(28)29-15-16-9-6-5-7-10-16/h5-13H,14-15H2,1-4H3,(H,27,28). The monoisotopic (exact) mass is 445 g/mol. The van der Waals surface area contributed by atoms with E-state index in [1.54, 1.807) is 18.2 Å². The first kappa shape index (κ1) is 23.3. The maximum absolute atomic E-state index is 13.9. The van der Waals surface area contributed by atoms with Crippen LogP contribution >= 0.6 is 11.6 Å². The van der Waals surface area contributed by atoms with Crippen molar-refractivity contribution >= 4 is 30.9 Å². The number of hydrogen-bond acceptors (Lipinski definition) is 4. The number of nitrogens with one attached hydrogen (secondary N) is 1. The van der Waals surface area contributed by atoms with Crippen LogP contribution < -0.4 is 5.32 Å². The van der Waals surface area contributed by atoms with Gasteiger partial charge in [-0.2, -0.15) is 0 Å². The number of rotatable bonds is 6. The number of carbonyl (C=O) groups is 1. The van der Waals surface area contributed by atoms with E-state index in [4.69, 9.17) is 25.6 Å². The predicted molar refractivity (Wildman–Crippen MR) is 120 cm³/mol. The predicted octanol–water partition coefficient (Wildman–Crippen LogP) is 5.42. The van der Waals surface area contributed by atoms with Crippen LogP contribution in [-0.4, -0.2) is 31.0 Å². The van der Waals surface area contributed by atoms with Gasteiger partial charge in [-0.1, -0.05) is 60.1 Å². The molecule has 1 aliphatic heterocycles. The highest BCUT2D eigenvalue weighted by Gasteiger charge is 2.52. The van der Waals surface area contributed by atoms with E-state index in [-0.39, 0.29) is 18.2 Å². The first-order chi connectivity index (χ1) is 14.6. The quantitative estimate of drug-likeness (QED) is 0.603. The van der Waals surface area contributed by atoms with E-state index in [0.717, 1.165) is 5.56 Å². The minimum absolute atomic E-state index is 0.0110. The van der Waals surface area contributed by atoms with Crippen molar-refractivity contribution in [3.63, 3.8) is 0 Å². The lowest BCUT2D eigenvalue weighted by atomic mass is 9.77. The number of carbonyl (C=O) groups excluding carboxylic acids is 1. The zero-order valence-corrected chi connectivity index (χ0v) is 18.8. The summed E-state index contributed by atoms with van der Waals surface area (Å²) in [6.45, 7) is 7.96. The third-order valence-corrected chi connectivity index (χ3v) is 5.93. The third-order valence-electron chi connectivity index (χ3n) is 5.53. The molecule has 0 aliphatic carbocycles. The smallest absolute Gasteiger partial charge is 0.445 e. The van der Waals surface area contributed by atoms with Crippen LogP contribution in [0, 0.1) is 5.82 Å². The van der Waals surface area contributed by atoms with Gasteiger partial charge in [-0.15, -0.1) is 0 Å². The van der Waals surface area contributed by atoms with Crippen LogP contribution in [0.25, 0.3) is 6.08 Å². The average Bonchev–Trinajstić information content (AvgIpc) is 2.94. The lowest BCUT2D eigenvalue weighted by molar-refractivity contribution is 0.00578. The van der Waals surface area contributed by atoms with Gasteiger partial charge in [-0.25, -0.2) is 9.18 Å². The second-order valence-corrected chi connectivity index (χ2v) is 8.74. The van der Waals surface area contributed by atoms with Crippen molar-refractivity contribution in [1.29, 1.82) is 0 Å². The molecule has 3 rings (SSSR count). The summed E-state index contributed by atoms with van der Waals surface area (Å²) in [6, 6.07) is 13.9. The Labute approximate surface area is 187 Å². The van der Waals surface area contributed by atoms with Gasteiger partial charge in [0.05, 0.1) is 16.2 Å². The minimum atomic E-state index is -0.737. The number of ether oxygens (including phenoxy) is 1. The van der Waals surface area contributed by atoms with Crippen molar-refractivity contribution in [2.45, 2.75) is 45.5 Å². The van der Waals surface area contributed by atoms with Crippen molar-refractivity contribution in [3.05, 3.63) is 76.0 Å². The number of alkyl carbamates (subject to hydrolysis) is 1. The van der Waals surface area contributed by atoms with Gasteiger partial charge in [0.2, 0.25) is 0 Å². The van der Waals surface area contributed by atoms with Crippen LogP contribution in [-0.2, 0) is 20.7 Å². The summed E-state index contributed by atoms with van der Waals surface area (Å²) >= 11 is 6.12. The van der Waals surface area contributed by atoms with E-state index >= 15 is 0 Å². The zero-order chi connectivity index (χ0) is 22.6. The van der Waals surface area contributed by atoms with Crippen LogP contribution in [0.3, 0.4) is 0 Å². The normalized spacial score (nSPS) is 17.5. The topological polar surface area (TPSA) is 56.8 Å². The van der Waals surface area contributed by atoms with Gasteiger partial charge in [-0.05, 0) is 50.4 Å². The van der Waals surface area contributed by atoms with Gasteiger partial charge in [0, 0.05) is 6.54 Å². The molecule has 1 fully saturated rings. The van der Waals surface area contributed by atoms with Crippen molar-refractivity contribution < 1.29 is 23.2 Å². The molecule has 0 radical (unpaired) electrons. The Kier molecular flexibility index (Phi) is 7.09.